The van der Waals surface area contributed by atoms with E-state index in [-0.39, 0.29) is 5.60 Å². The molecule has 0 unspecified atom stereocenters. The van der Waals surface area contributed by atoms with Gasteiger partial charge in [0.15, 0.2) is 0 Å². The Bertz CT molecular complexity index is 244. The fourth-order valence-electron chi connectivity index (χ4n) is 3.55. The molecular formula is C19H39NO. The fraction of sp³-hybridized carbons (Fsp3) is 1.00. The average molecular weight is 298 g/mol. The highest BCUT2D eigenvalue weighted by molar-refractivity contribution is 4.89. The minimum absolute atomic E-state index is 0.135. The van der Waals surface area contributed by atoms with Gasteiger partial charge in [-0.2, -0.15) is 0 Å². The van der Waals surface area contributed by atoms with Gasteiger partial charge in [-0.25, -0.2) is 0 Å². The molecule has 0 heterocycles. The van der Waals surface area contributed by atoms with Gasteiger partial charge < -0.3 is 10.1 Å². The zero-order chi connectivity index (χ0) is 15.6. The van der Waals surface area contributed by atoms with Crippen molar-refractivity contribution in [1.82, 2.24) is 5.32 Å². The third-order valence-electron chi connectivity index (χ3n) is 4.92. The molecule has 1 fully saturated rings. The van der Waals surface area contributed by atoms with Crippen molar-refractivity contribution in [3.8, 4) is 0 Å². The second-order valence-electron chi connectivity index (χ2n) is 7.48. The third kappa shape index (κ3) is 7.65. The normalized spacial score (nSPS) is 26.4. The molecule has 0 spiro atoms. The van der Waals surface area contributed by atoms with Crippen molar-refractivity contribution in [1.29, 1.82) is 0 Å². The average Bonchev–Trinajstić information content (AvgIpc) is 2.47. The second kappa shape index (κ2) is 10.6. The molecule has 1 rings (SSSR count). The maximum absolute atomic E-state index is 6.43. The van der Waals surface area contributed by atoms with E-state index in [4.69, 9.17) is 4.74 Å². The summed E-state index contributed by atoms with van der Waals surface area (Å²) in [5, 5.41) is 3.62. The molecule has 0 radical (unpaired) electrons. The van der Waals surface area contributed by atoms with Crippen molar-refractivity contribution in [2.45, 2.75) is 91.1 Å². The summed E-state index contributed by atoms with van der Waals surface area (Å²) in [5.41, 5.74) is 0.135. The fourth-order valence-corrected chi connectivity index (χ4v) is 3.55. The highest BCUT2D eigenvalue weighted by Crippen LogP contribution is 2.36. The van der Waals surface area contributed by atoms with Crippen LogP contribution in [-0.4, -0.2) is 25.3 Å². The molecule has 21 heavy (non-hydrogen) atoms. The number of ether oxygens (including phenoxy) is 1. The van der Waals surface area contributed by atoms with Gasteiger partial charge in [0, 0.05) is 13.2 Å². The maximum Gasteiger partial charge on any atom is 0.0806 e. The number of nitrogens with one attached hydrogen (secondary N) is 1. The quantitative estimate of drug-likeness (QED) is 0.531. The van der Waals surface area contributed by atoms with Gasteiger partial charge in [0.25, 0.3) is 0 Å². The van der Waals surface area contributed by atoms with Crippen LogP contribution in [0.1, 0.15) is 85.5 Å². The first kappa shape index (κ1) is 19.0. The lowest BCUT2D eigenvalue weighted by atomic mass is 9.77. The predicted octanol–water partition coefficient (Wildman–Crippen LogP) is 5.17. The minimum atomic E-state index is 0.135. The van der Waals surface area contributed by atoms with E-state index >= 15 is 0 Å². The van der Waals surface area contributed by atoms with Crippen molar-refractivity contribution in [2.75, 3.05) is 19.7 Å². The first-order chi connectivity index (χ1) is 10.1. The van der Waals surface area contributed by atoms with Crippen LogP contribution in [0.5, 0.6) is 0 Å². The van der Waals surface area contributed by atoms with Crippen molar-refractivity contribution >= 4 is 0 Å². The van der Waals surface area contributed by atoms with Gasteiger partial charge in [-0.05, 0) is 63.3 Å². The van der Waals surface area contributed by atoms with Gasteiger partial charge in [0.05, 0.1) is 5.60 Å². The summed E-state index contributed by atoms with van der Waals surface area (Å²) in [6.45, 7) is 12.3. The smallest absolute Gasteiger partial charge is 0.0806 e. The molecule has 0 aromatic heterocycles. The van der Waals surface area contributed by atoms with Crippen LogP contribution in [0.15, 0.2) is 0 Å². The van der Waals surface area contributed by atoms with Crippen LogP contribution in [-0.2, 0) is 4.74 Å². The summed E-state index contributed by atoms with van der Waals surface area (Å²) < 4.78 is 6.43. The van der Waals surface area contributed by atoms with Gasteiger partial charge in [0.1, 0.15) is 0 Å². The summed E-state index contributed by atoms with van der Waals surface area (Å²) >= 11 is 0. The second-order valence-corrected chi connectivity index (χ2v) is 7.48. The molecule has 0 aromatic carbocycles. The first-order valence-electron chi connectivity index (χ1n) is 9.46. The van der Waals surface area contributed by atoms with Crippen LogP contribution >= 0.6 is 0 Å². The van der Waals surface area contributed by atoms with Crippen LogP contribution in [0.2, 0.25) is 0 Å². The lowest BCUT2D eigenvalue weighted by Gasteiger charge is -2.40. The molecular weight excluding hydrogens is 258 g/mol. The highest BCUT2D eigenvalue weighted by Gasteiger charge is 2.35. The molecule has 126 valence electrons. The van der Waals surface area contributed by atoms with Crippen molar-refractivity contribution in [3.63, 3.8) is 0 Å². The van der Waals surface area contributed by atoms with Crippen LogP contribution in [0.4, 0.5) is 0 Å². The molecule has 2 heteroatoms. The molecule has 1 aliphatic rings. The van der Waals surface area contributed by atoms with Crippen LogP contribution in [0.3, 0.4) is 0 Å². The van der Waals surface area contributed by atoms with Gasteiger partial charge in [-0.1, -0.05) is 40.5 Å². The zero-order valence-corrected chi connectivity index (χ0v) is 15.0. The lowest BCUT2D eigenvalue weighted by molar-refractivity contribution is -0.0783. The minimum Gasteiger partial charge on any atom is -0.374 e. The molecule has 0 atom stereocenters. The van der Waals surface area contributed by atoms with Gasteiger partial charge in [0.2, 0.25) is 0 Å². The van der Waals surface area contributed by atoms with E-state index in [0.717, 1.165) is 31.5 Å². The van der Waals surface area contributed by atoms with Crippen molar-refractivity contribution in [3.05, 3.63) is 0 Å². The van der Waals surface area contributed by atoms with Crippen LogP contribution in [0.25, 0.3) is 0 Å². The molecule has 1 aliphatic carbocycles. The Morgan fingerprint density at radius 1 is 1.14 bits per heavy atom. The van der Waals surface area contributed by atoms with E-state index in [1.54, 1.807) is 0 Å². The monoisotopic (exact) mass is 297 g/mol. The summed E-state index contributed by atoms with van der Waals surface area (Å²) in [6.07, 6.45) is 11.7. The third-order valence-corrected chi connectivity index (χ3v) is 4.92. The first-order valence-corrected chi connectivity index (χ1v) is 9.46. The van der Waals surface area contributed by atoms with Crippen molar-refractivity contribution < 1.29 is 4.74 Å². The van der Waals surface area contributed by atoms with E-state index in [2.05, 4.69) is 33.0 Å². The number of hydrogen-bond acceptors (Lipinski definition) is 2. The summed E-state index contributed by atoms with van der Waals surface area (Å²) in [7, 11) is 0. The number of hydrogen-bond donors (Lipinski definition) is 1. The number of rotatable bonds is 11. The Hall–Kier alpha value is -0.0800. The van der Waals surface area contributed by atoms with Gasteiger partial charge in [-0.3, -0.25) is 0 Å². The standard InChI is InChI=1S/C19H39NO/c1-5-8-18-10-12-19(13-11-18,16-20-14-6-2)21-15-7-9-17(3)4/h17-18,20H,5-16H2,1-4H3. The molecule has 1 saturated carbocycles. The summed E-state index contributed by atoms with van der Waals surface area (Å²) in [5.74, 6) is 1.75. The molecule has 0 aliphatic heterocycles. The van der Waals surface area contributed by atoms with Gasteiger partial charge in [-0.15, -0.1) is 0 Å². The molecule has 2 nitrogen and oxygen atoms in total. The van der Waals surface area contributed by atoms with Gasteiger partial charge >= 0.3 is 0 Å². The Kier molecular flexibility index (Phi) is 9.59. The highest BCUT2D eigenvalue weighted by atomic mass is 16.5. The SMILES string of the molecule is CCCNCC1(OCCCC(C)C)CCC(CCC)CC1. The Morgan fingerprint density at radius 3 is 2.43 bits per heavy atom. The van der Waals surface area contributed by atoms with E-state index in [9.17, 15) is 0 Å². The van der Waals surface area contributed by atoms with E-state index < -0.39 is 0 Å². The summed E-state index contributed by atoms with van der Waals surface area (Å²) in [4.78, 5) is 0. The molecule has 0 amide bonds. The molecule has 0 aromatic rings. The molecule has 1 N–H and O–H groups in total. The predicted molar refractivity (Wildman–Crippen MR) is 92.8 cm³/mol. The van der Waals surface area contributed by atoms with E-state index in [1.807, 2.05) is 0 Å². The van der Waals surface area contributed by atoms with Crippen LogP contribution < -0.4 is 5.32 Å². The maximum atomic E-state index is 6.43. The molecule has 0 bridgehead atoms. The van der Waals surface area contributed by atoms with Crippen LogP contribution in [0, 0.1) is 11.8 Å². The lowest BCUT2D eigenvalue weighted by Crippen LogP contribution is -2.46. The van der Waals surface area contributed by atoms with E-state index in [1.165, 1.54) is 57.8 Å². The zero-order valence-electron chi connectivity index (χ0n) is 15.0. The topological polar surface area (TPSA) is 21.3 Å². The Morgan fingerprint density at radius 2 is 1.86 bits per heavy atom. The van der Waals surface area contributed by atoms with Crippen molar-refractivity contribution in [2.24, 2.45) is 11.8 Å². The van der Waals surface area contributed by atoms with E-state index in [0.29, 0.717) is 0 Å². The Labute approximate surface area is 133 Å². The largest absolute Gasteiger partial charge is 0.374 e. The summed E-state index contributed by atoms with van der Waals surface area (Å²) in [6, 6.07) is 0. The molecule has 0 saturated heterocycles. The Balaban J connectivity index is 2.40.